The van der Waals surface area contributed by atoms with Gasteiger partial charge in [0.1, 0.15) is 18.1 Å². The fourth-order valence-electron chi connectivity index (χ4n) is 2.76. The highest BCUT2D eigenvalue weighted by Gasteiger charge is 2.31. The second-order valence-electron chi connectivity index (χ2n) is 7.74. The molecule has 34 heavy (non-hydrogen) atoms. The van der Waals surface area contributed by atoms with Crippen molar-refractivity contribution < 1.29 is 34.2 Å². The first-order valence-corrected chi connectivity index (χ1v) is 10.7. The molecule has 4 amide bonds. The monoisotopic (exact) mass is 488 g/mol. The number of hydrogen-bond donors (Lipinski definition) is 9. The van der Waals surface area contributed by atoms with Crippen molar-refractivity contribution in [3.63, 3.8) is 0 Å². The molecule has 0 rings (SSSR count). The molecule has 15 heteroatoms. The minimum absolute atomic E-state index is 0.0159. The quantitative estimate of drug-likeness (QED) is 0.0573. The highest BCUT2D eigenvalue weighted by molar-refractivity contribution is 5.95. The number of nitrogens with zero attached hydrogens (tertiary/aromatic N) is 1. The molecule has 0 saturated heterocycles. The molecule has 15 nitrogen and oxygen atoms in total. The maximum atomic E-state index is 12.8. The zero-order valence-corrected chi connectivity index (χ0v) is 19.3. The van der Waals surface area contributed by atoms with Crippen molar-refractivity contribution >= 4 is 35.6 Å². The van der Waals surface area contributed by atoms with Crippen LogP contribution in [-0.2, 0) is 24.0 Å². The summed E-state index contributed by atoms with van der Waals surface area (Å²) in [5, 5.41) is 25.9. The van der Waals surface area contributed by atoms with E-state index in [-0.39, 0.29) is 25.3 Å². The lowest BCUT2D eigenvalue weighted by Gasteiger charge is -2.25. The number of nitrogens with two attached hydrogens (primary N) is 4. The molecule has 0 saturated carbocycles. The molecule has 0 aromatic rings. The first-order chi connectivity index (χ1) is 15.8. The van der Waals surface area contributed by atoms with Crippen LogP contribution in [0.1, 0.15) is 39.5 Å². The predicted octanol–water partition coefficient (Wildman–Crippen LogP) is -4.18. The second kappa shape index (κ2) is 15.4. The normalized spacial score (nSPS) is 15.1. The van der Waals surface area contributed by atoms with Gasteiger partial charge >= 0.3 is 5.97 Å². The number of carbonyl (C=O) groups is 5. The SMILES string of the molecule is CCC(C)C(NC(=O)C(CO)NC(=O)C(CCCN=C(N)N)NC(=O)C(N)CC(N)=O)C(=O)O. The van der Waals surface area contributed by atoms with E-state index in [1.807, 2.05) is 0 Å². The van der Waals surface area contributed by atoms with Crippen molar-refractivity contribution in [1.29, 1.82) is 0 Å². The van der Waals surface area contributed by atoms with Gasteiger partial charge in [-0.3, -0.25) is 24.2 Å². The summed E-state index contributed by atoms with van der Waals surface area (Å²) in [4.78, 5) is 63.8. The van der Waals surface area contributed by atoms with Crippen LogP contribution in [0.15, 0.2) is 4.99 Å². The zero-order chi connectivity index (χ0) is 26.4. The Kier molecular flexibility index (Phi) is 13.8. The third kappa shape index (κ3) is 11.4. The largest absolute Gasteiger partial charge is 0.480 e. The number of rotatable bonds is 16. The number of carbonyl (C=O) groups excluding carboxylic acids is 4. The maximum absolute atomic E-state index is 12.8. The Hall–Kier alpha value is -3.46. The summed E-state index contributed by atoms with van der Waals surface area (Å²) >= 11 is 0. The Balaban J connectivity index is 5.41. The fraction of sp³-hybridized carbons (Fsp3) is 0.684. The van der Waals surface area contributed by atoms with Crippen LogP contribution in [0.5, 0.6) is 0 Å². The number of aliphatic imine (C=N–C) groups is 1. The van der Waals surface area contributed by atoms with E-state index in [1.54, 1.807) is 13.8 Å². The molecule has 0 aromatic carbocycles. The van der Waals surface area contributed by atoms with Crippen LogP contribution < -0.4 is 38.9 Å². The van der Waals surface area contributed by atoms with Gasteiger partial charge in [0.15, 0.2) is 5.96 Å². The lowest BCUT2D eigenvalue weighted by molar-refractivity contribution is -0.144. The first-order valence-electron chi connectivity index (χ1n) is 10.7. The number of aliphatic hydroxyl groups excluding tert-OH is 1. The van der Waals surface area contributed by atoms with Crippen molar-refractivity contribution in [3.8, 4) is 0 Å². The van der Waals surface area contributed by atoms with Gasteiger partial charge in [0.2, 0.25) is 23.6 Å². The standard InChI is InChI=1S/C19H36N8O7/c1-3-9(2)14(18(33)34)27-17(32)12(8-28)26-16(31)11(5-4-6-24-19(22)23)25-15(30)10(20)7-13(21)29/h9-12,14,28H,3-8,20H2,1-2H3,(H2,21,29)(H,25,30)(H,26,31)(H,27,32)(H,33,34)(H4,22,23,24). The van der Waals surface area contributed by atoms with Gasteiger partial charge in [-0.15, -0.1) is 0 Å². The number of hydrogen-bond acceptors (Lipinski definition) is 8. The Morgan fingerprint density at radius 2 is 1.50 bits per heavy atom. The van der Waals surface area contributed by atoms with Gasteiger partial charge in [0.25, 0.3) is 0 Å². The van der Waals surface area contributed by atoms with Crippen molar-refractivity contribution in [1.82, 2.24) is 16.0 Å². The van der Waals surface area contributed by atoms with Crippen LogP contribution in [-0.4, -0.2) is 83.1 Å². The van der Waals surface area contributed by atoms with Gasteiger partial charge in [-0.05, 0) is 18.8 Å². The number of primary amides is 1. The molecule has 5 atom stereocenters. The molecule has 194 valence electrons. The van der Waals surface area contributed by atoms with Crippen LogP contribution >= 0.6 is 0 Å². The van der Waals surface area contributed by atoms with E-state index < -0.39 is 72.7 Å². The Morgan fingerprint density at radius 1 is 0.941 bits per heavy atom. The molecule has 0 aromatic heterocycles. The van der Waals surface area contributed by atoms with E-state index in [1.165, 1.54) is 0 Å². The van der Waals surface area contributed by atoms with Gasteiger partial charge < -0.3 is 49.1 Å². The molecule has 0 spiro atoms. The van der Waals surface area contributed by atoms with Crippen LogP contribution in [0.3, 0.4) is 0 Å². The molecule has 0 radical (unpaired) electrons. The molecule has 0 aliphatic carbocycles. The molecule has 0 fully saturated rings. The minimum atomic E-state index is -1.49. The minimum Gasteiger partial charge on any atom is -0.480 e. The summed E-state index contributed by atoms with van der Waals surface area (Å²) in [7, 11) is 0. The van der Waals surface area contributed by atoms with Crippen LogP contribution in [0.25, 0.3) is 0 Å². The molecular weight excluding hydrogens is 452 g/mol. The van der Waals surface area contributed by atoms with E-state index in [0.29, 0.717) is 6.42 Å². The highest BCUT2D eigenvalue weighted by Crippen LogP contribution is 2.08. The summed E-state index contributed by atoms with van der Waals surface area (Å²) < 4.78 is 0. The van der Waals surface area contributed by atoms with Crippen molar-refractivity contribution in [2.45, 2.75) is 63.7 Å². The molecule has 0 bridgehead atoms. The number of aliphatic hydroxyl groups is 1. The third-order valence-corrected chi connectivity index (χ3v) is 4.93. The van der Waals surface area contributed by atoms with Gasteiger partial charge in [-0.25, -0.2) is 4.79 Å². The average Bonchev–Trinajstić information content (AvgIpc) is 2.75. The summed E-state index contributed by atoms with van der Waals surface area (Å²) in [5.41, 5.74) is 21.1. The fourth-order valence-corrected chi connectivity index (χ4v) is 2.76. The lowest BCUT2D eigenvalue weighted by Crippen LogP contribution is -2.58. The van der Waals surface area contributed by atoms with Gasteiger partial charge in [0, 0.05) is 6.54 Å². The van der Waals surface area contributed by atoms with E-state index >= 15 is 0 Å². The number of aliphatic carboxylic acids is 1. The summed E-state index contributed by atoms with van der Waals surface area (Å²) in [5.74, 6) is -5.27. The Morgan fingerprint density at radius 3 is 1.97 bits per heavy atom. The number of carboxylic acids is 1. The van der Waals surface area contributed by atoms with Crippen molar-refractivity contribution in [3.05, 3.63) is 0 Å². The second-order valence-corrected chi connectivity index (χ2v) is 7.74. The number of guanidine groups is 1. The lowest BCUT2D eigenvalue weighted by atomic mass is 9.99. The maximum Gasteiger partial charge on any atom is 0.326 e. The predicted molar refractivity (Wildman–Crippen MR) is 122 cm³/mol. The third-order valence-electron chi connectivity index (χ3n) is 4.93. The molecule has 5 unspecified atom stereocenters. The van der Waals surface area contributed by atoms with Gasteiger partial charge in [-0.2, -0.15) is 0 Å². The van der Waals surface area contributed by atoms with Crippen LogP contribution in [0.2, 0.25) is 0 Å². The average molecular weight is 489 g/mol. The van der Waals surface area contributed by atoms with Crippen LogP contribution in [0, 0.1) is 5.92 Å². The molecule has 0 aliphatic heterocycles. The molecule has 0 aliphatic rings. The number of nitrogens with one attached hydrogen (secondary N) is 3. The summed E-state index contributed by atoms with van der Waals surface area (Å²) in [6, 6.07) is -5.26. The summed E-state index contributed by atoms with van der Waals surface area (Å²) in [6.07, 6.45) is 0.263. The molecule has 0 heterocycles. The number of carboxylic acid groups (broad SMARTS) is 1. The van der Waals surface area contributed by atoms with E-state index in [9.17, 15) is 34.2 Å². The zero-order valence-electron chi connectivity index (χ0n) is 19.3. The van der Waals surface area contributed by atoms with Crippen molar-refractivity contribution in [2.24, 2.45) is 33.8 Å². The smallest absolute Gasteiger partial charge is 0.326 e. The molecule has 13 N–H and O–H groups in total. The molecular formula is C19H36N8O7. The van der Waals surface area contributed by atoms with Crippen LogP contribution in [0.4, 0.5) is 0 Å². The Labute approximate surface area is 197 Å². The van der Waals surface area contributed by atoms with Gasteiger partial charge in [-0.1, -0.05) is 20.3 Å². The topological polar surface area (TPSA) is 278 Å². The summed E-state index contributed by atoms with van der Waals surface area (Å²) in [6.45, 7) is 2.67. The highest BCUT2D eigenvalue weighted by atomic mass is 16.4. The van der Waals surface area contributed by atoms with Gasteiger partial charge in [0.05, 0.1) is 19.1 Å². The number of amides is 4. The van der Waals surface area contributed by atoms with Crippen molar-refractivity contribution in [2.75, 3.05) is 13.2 Å². The first kappa shape index (κ1) is 30.5. The van der Waals surface area contributed by atoms with E-state index in [2.05, 4.69) is 20.9 Å². The Bertz CT molecular complexity index is 757. The van der Waals surface area contributed by atoms with E-state index in [0.717, 1.165) is 0 Å². The van der Waals surface area contributed by atoms with E-state index in [4.69, 9.17) is 22.9 Å².